The van der Waals surface area contributed by atoms with Crippen LogP contribution >= 0.6 is 15.9 Å². The summed E-state index contributed by atoms with van der Waals surface area (Å²) in [5, 5.41) is 9.54. The summed E-state index contributed by atoms with van der Waals surface area (Å²) in [6.45, 7) is 1.20. The van der Waals surface area contributed by atoms with E-state index >= 15 is 0 Å². The summed E-state index contributed by atoms with van der Waals surface area (Å²) < 4.78 is 24.2. The standard InChI is InChI=1S/C14H15BrO5S/c1-14(13(17)18,9-5-6-11(16)7-9)21(19,20)12-4-2-3-10(15)8-12/h2-4,8-9H,5-7H2,1H3,(H,17,18). The summed E-state index contributed by atoms with van der Waals surface area (Å²) in [6.07, 6.45) is 0.520. The van der Waals surface area contributed by atoms with Crippen molar-refractivity contribution in [1.29, 1.82) is 0 Å². The van der Waals surface area contributed by atoms with E-state index in [9.17, 15) is 23.1 Å². The van der Waals surface area contributed by atoms with Gasteiger partial charge in [-0.3, -0.25) is 9.59 Å². The number of aliphatic carboxylic acids is 1. The Bertz CT molecular complexity index is 697. The van der Waals surface area contributed by atoms with Crippen molar-refractivity contribution in [2.75, 3.05) is 0 Å². The van der Waals surface area contributed by atoms with Gasteiger partial charge in [0.1, 0.15) is 5.78 Å². The molecule has 7 heteroatoms. The second-order valence-corrected chi connectivity index (χ2v) is 8.59. The van der Waals surface area contributed by atoms with E-state index in [1.54, 1.807) is 12.1 Å². The van der Waals surface area contributed by atoms with Crippen molar-refractivity contribution >= 4 is 37.5 Å². The first-order valence-electron chi connectivity index (χ1n) is 6.45. The molecule has 2 unspecified atom stereocenters. The molecule has 0 heterocycles. The third-order valence-corrected chi connectivity index (χ3v) is 7.11. The Morgan fingerprint density at radius 1 is 1.43 bits per heavy atom. The van der Waals surface area contributed by atoms with Gasteiger partial charge in [-0.15, -0.1) is 0 Å². The van der Waals surface area contributed by atoms with Crippen molar-refractivity contribution in [3.8, 4) is 0 Å². The topological polar surface area (TPSA) is 88.5 Å². The van der Waals surface area contributed by atoms with Gasteiger partial charge >= 0.3 is 5.97 Å². The van der Waals surface area contributed by atoms with Crippen LogP contribution in [0.3, 0.4) is 0 Å². The third-order valence-electron chi connectivity index (χ3n) is 4.11. The van der Waals surface area contributed by atoms with E-state index in [2.05, 4.69) is 15.9 Å². The van der Waals surface area contributed by atoms with Crippen LogP contribution in [0.2, 0.25) is 0 Å². The van der Waals surface area contributed by atoms with Crippen LogP contribution in [0.4, 0.5) is 0 Å². The summed E-state index contributed by atoms with van der Waals surface area (Å²) in [4.78, 5) is 23.1. The molecule has 1 aliphatic carbocycles. The third kappa shape index (κ3) is 2.64. The molecule has 1 aromatic rings. The normalized spacial score (nSPS) is 22.0. The summed E-state index contributed by atoms with van der Waals surface area (Å²) in [5.41, 5.74) is 0. The largest absolute Gasteiger partial charge is 0.480 e. The van der Waals surface area contributed by atoms with Gasteiger partial charge in [-0.2, -0.15) is 0 Å². The van der Waals surface area contributed by atoms with Crippen LogP contribution in [0.15, 0.2) is 33.6 Å². The summed E-state index contributed by atoms with van der Waals surface area (Å²) >= 11 is 3.19. The lowest BCUT2D eigenvalue weighted by atomic mass is 9.91. The van der Waals surface area contributed by atoms with E-state index in [0.29, 0.717) is 4.47 Å². The highest BCUT2D eigenvalue weighted by Crippen LogP contribution is 2.41. The Morgan fingerprint density at radius 3 is 2.57 bits per heavy atom. The molecule has 2 atom stereocenters. The molecule has 0 spiro atoms. The van der Waals surface area contributed by atoms with Crippen molar-refractivity contribution < 1.29 is 23.1 Å². The highest BCUT2D eigenvalue weighted by molar-refractivity contribution is 9.10. The van der Waals surface area contributed by atoms with Crippen LogP contribution in [0.1, 0.15) is 26.2 Å². The van der Waals surface area contributed by atoms with Crippen molar-refractivity contribution in [3.63, 3.8) is 0 Å². The van der Waals surface area contributed by atoms with Crippen LogP contribution < -0.4 is 0 Å². The molecular weight excluding hydrogens is 360 g/mol. The van der Waals surface area contributed by atoms with Gasteiger partial charge in [-0.25, -0.2) is 8.42 Å². The van der Waals surface area contributed by atoms with Gasteiger partial charge in [0.2, 0.25) is 0 Å². The number of carbonyl (C=O) groups is 2. The number of hydrogen-bond donors (Lipinski definition) is 1. The van der Waals surface area contributed by atoms with E-state index in [-0.39, 0.29) is 29.9 Å². The first-order chi connectivity index (χ1) is 9.69. The van der Waals surface area contributed by atoms with Crippen molar-refractivity contribution in [2.24, 2.45) is 5.92 Å². The fraction of sp³-hybridized carbons (Fsp3) is 0.429. The second kappa shape index (κ2) is 5.53. The summed E-state index contributed by atoms with van der Waals surface area (Å²) in [5.74, 6) is -2.20. The van der Waals surface area contributed by atoms with Gasteiger partial charge in [0, 0.05) is 17.3 Å². The number of rotatable bonds is 4. The van der Waals surface area contributed by atoms with Gasteiger partial charge in [0.25, 0.3) is 0 Å². The maximum atomic E-state index is 12.8. The number of carbonyl (C=O) groups excluding carboxylic acids is 1. The van der Waals surface area contributed by atoms with E-state index in [1.807, 2.05) is 0 Å². The number of carboxylic acids is 1. The molecule has 0 aromatic heterocycles. The van der Waals surface area contributed by atoms with Crippen LogP contribution in [-0.2, 0) is 19.4 Å². The first kappa shape index (κ1) is 16.2. The lowest BCUT2D eigenvalue weighted by molar-refractivity contribution is -0.141. The number of benzene rings is 1. The van der Waals surface area contributed by atoms with Crippen molar-refractivity contribution in [1.82, 2.24) is 0 Å². The molecule has 1 saturated carbocycles. The molecular formula is C14H15BrO5S. The van der Waals surface area contributed by atoms with Gasteiger partial charge in [0.05, 0.1) is 4.90 Å². The van der Waals surface area contributed by atoms with Gasteiger partial charge in [0.15, 0.2) is 14.6 Å². The minimum absolute atomic E-state index is 0.00394. The molecule has 114 valence electrons. The van der Waals surface area contributed by atoms with E-state index < -0.39 is 26.5 Å². The maximum absolute atomic E-state index is 12.8. The zero-order valence-electron chi connectivity index (χ0n) is 11.4. The van der Waals surface area contributed by atoms with Crippen LogP contribution in [0.5, 0.6) is 0 Å². The van der Waals surface area contributed by atoms with Crippen LogP contribution in [0, 0.1) is 5.92 Å². The van der Waals surface area contributed by atoms with Gasteiger partial charge in [-0.1, -0.05) is 22.0 Å². The molecule has 21 heavy (non-hydrogen) atoms. The zero-order valence-corrected chi connectivity index (χ0v) is 13.8. The second-order valence-electron chi connectivity index (χ2n) is 5.35. The fourth-order valence-electron chi connectivity index (χ4n) is 2.67. The minimum atomic E-state index is -4.11. The Labute approximate surface area is 131 Å². The monoisotopic (exact) mass is 374 g/mol. The molecule has 0 amide bonds. The Kier molecular flexibility index (Phi) is 4.26. The molecule has 2 rings (SSSR count). The Hall–Kier alpha value is -1.21. The first-order valence-corrected chi connectivity index (χ1v) is 8.72. The molecule has 1 fully saturated rings. The van der Waals surface area contributed by atoms with E-state index in [4.69, 9.17) is 0 Å². The molecule has 0 radical (unpaired) electrons. The van der Waals surface area contributed by atoms with E-state index in [0.717, 1.165) is 0 Å². The Balaban J connectivity index is 2.56. The molecule has 1 aliphatic rings. The molecule has 0 saturated heterocycles. The van der Waals surface area contributed by atoms with Crippen molar-refractivity contribution in [3.05, 3.63) is 28.7 Å². The number of halogens is 1. The maximum Gasteiger partial charge on any atom is 0.325 e. The summed E-state index contributed by atoms with van der Waals surface area (Å²) in [7, 11) is -4.11. The molecule has 0 aliphatic heterocycles. The van der Waals surface area contributed by atoms with Gasteiger partial charge in [-0.05, 0) is 37.5 Å². The Morgan fingerprint density at radius 2 is 2.10 bits per heavy atom. The van der Waals surface area contributed by atoms with Gasteiger partial charge < -0.3 is 5.11 Å². The summed E-state index contributed by atoms with van der Waals surface area (Å²) in [6, 6.07) is 5.96. The van der Waals surface area contributed by atoms with Crippen LogP contribution in [0.25, 0.3) is 0 Å². The molecule has 1 aromatic carbocycles. The zero-order chi connectivity index (χ0) is 15.8. The predicted octanol–water partition coefficient (Wildman–Crippen LogP) is 2.44. The predicted molar refractivity (Wildman–Crippen MR) is 79.7 cm³/mol. The number of Topliss-reactive ketones (excluding diaryl/α,β-unsaturated/α-hetero) is 1. The molecule has 1 N–H and O–H groups in total. The number of hydrogen-bond acceptors (Lipinski definition) is 4. The lowest BCUT2D eigenvalue weighted by Crippen LogP contribution is -2.49. The number of carboxylic acid groups (broad SMARTS) is 1. The quantitative estimate of drug-likeness (QED) is 0.873. The van der Waals surface area contributed by atoms with E-state index in [1.165, 1.54) is 19.1 Å². The lowest BCUT2D eigenvalue weighted by Gasteiger charge is -2.30. The highest BCUT2D eigenvalue weighted by atomic mass is 79.9. The number of ketones is 1. The molecule has 0 bridgehead atoms. The average Bonchev–Trinajstić information content (AvgIpc) is 2.84. The SMILES string of the molecule is CC(C(=O)O)(C1CCC(=O)C1)S(=O)(=O)c1cccc(Br)c1. The fourth-order valence-corrected chi connectivity index (χ4v) is 5.12. The van der Waals surface area contributed by atoms with Crippen molar-refractivity contribution in [2.45, 2.75) is 35.8 Å². The van der Waals surface area contributed by atoms with Crippen LogP contribution in [-0.4, -0.2) is 30.0 Å². The highest BCUT2D eigenvalue weighted by Gasteiger charge is 2.55. The minimum Gasteiger partial charge on any atom is -0.480 e. The number of sulfone groups is 1. The molecule has 5 nitrogen and oxygen atoms in total. The smallest absolute Gasteiger partial charge is 0.325 e. The average molecular weight is 375 g/mol.